The number of nitrogens with one attached hydrogen (secondary N) is 2. The molecule has 3 aromatic heterocycles. The summed E-state index contributed by atoms with van der Waals surface area (Å²) in [5.41, 5.74) is -0.278. The largest absolute Gasteiger partial charge is 0.331 e. The number of aromatic nitrogens is 4. The summed E-state index contributed by atoms with van der Waals surface area (Å²) < 4.78 is 2.28. The molecule has 0 aliphatic carbocycles. The molecule has 2 N–H and O–H groups in total. The van der Waals surface area contributed by atoms with E-state index in [0.717, 1.165) is 8.66 Å². The van der Waals surface area contributed by atoms with E-state index >= 15 is 0 Å². The Bertz CT molecular complexity index is 857. The Hall–Kier alpha value is -1.67. The molecule has 8 heteroatoms. The fourth-order valence-electron chi connectivity index (χ4n) is 1.66. The molecular formula is C10H7BrN4O2S. The Morgan fingerprint density at radius 2 is 2.11 bits per heavy atom. The highest BCUT2D eigenvalue weighted by Gasteiger charge is 2.12. The standard InChI is InChI=1S/C10H7BrN4O2S/c1-15-8-6(9(16)14-10(15)17)12-7(13-8)4-2-3-5(11)18-4/h2-3H,1H3,(H,12,13)(H,14,16,17). The third-order valence-electron chi connectivity index (χ3n) is 2.56. The Kier molecular flexibility index (Phi) is 2.49. The van der Waals surface area contributed by atoms with Crippen molar-refractivity contribution in [3.8, 4) is 10.7 Å². The summed E-state index contributed by atoms with van der Waals surface area (Å²) in [4.78, 5) is 33.5. The van der Waals surface area contributed by atoms with Gasteiger partial charge in [0.25, 0.3) is 5.56 Å². The van der Waals surface area contributed by atoms with Crippen LogP contribution in [0.2, 0.25) is 0 Å². The van der Waals surface area contributed by atoms with Gasteiger partial charge in [-0.05, 0) is 28.1 Å². The number of aromatic amines is 2. The lowest BCUT2D eigenvalue weighted by Crippen LogP contribution is -2.28. The molecule has 0 aliphatic heterocycles. The van der Waals surface area contributed by atoms with Crippen LogP contribution in [0, 0.1) is 0 Å². The van der Waals surface area contributed by atoms with Gasteiger partial charge in [-0.2, -0.15) is 0 Å². The van der Waals surface area contributed by atoms with Crippen LogP contribution in [-0.4, -0.2) is 19.5 Å². The maximum absolute atomic E-state index is 11.7. The van der Waals surface area contributed by atoms with E-state index in [4.69, 9.17) is 0 Å². The average molecular weight is 327 g/mol. The molecule has 0 spiro atoms. The van der Waals surface area contributed by atoms with Gasteiger partial charge in [-0.3, -0.25) is 14.3 Å². The number of imidazole rings is 1. The molecule has 0 unspecified atom stereocenters. The Balaban J connectivity index is 2.35. The van der Waals surface area contributed by atoms with Crippen molar-refractivity contribution >= 4 is 38.4 Å². The third kappa shape index (κ3) is 1.65. The molecule has 92 valence electrons. The average Bonchev–Trinajstić information content (AvgIpc) is 2.92. The van der Waals surface area contributed by atoms with E-state index in [-0.39, 0.29) is 0 Å². The number of thiophene rings is 1. The van der Waals surface area contributed by atoms with E-state index in [1.807, 2.05) is 12.1 Å². The van der Waals surface area contributed by atoms with Crippen molar-refractivity contribution in [2.75, 3.05) is 0 Å². The first-order valence-electron chi connectivity index (χ1n) is 5.01. The van der Waals surface area contributed by atoms with Crippen LogP contribution >= 0.6 is 27.3 Å². The predicted octanol–water partition coefficient (Wildman–Crippen LogP) is 1.44. The molecule has 3 heterocycles. The highest BCUT2D eigenvalue weighted by Crippen LogP contribution is 2.29. The summed E-state index contributed by atoms with van der Waals surface area (Å²) in [7, 11) is 1.57. The highest BCUT2D eigenvalue weighted by atomic mass is 79.9. The molecule has 0 aliphatic rings. The molecule has 3 rings (SSSR count). The van der Waals surface area contributed by atoms with E-state index in [1.165, 1.54) is 15.9 Å². The van der Waals surface area contributed by atoms with Crippen LogP contribution in [0.3, 0.4) is 0 Å². The fraction of sp³-hybridized carbons (Fsp3) is 0.100. The number of rotatable bonds is 1. The van der Waals surface area contributed by atoms with Gasteiger partial charge in [-0.1, -0.05) is 0 Å². The van der Waals surface area contributed by atoms with Gasteiger partial charge in [0, 0.05) is 7.05 Å². The second-order valence-electron chi connectivity index (χ2n) is 3.71. The molecule has 0 saturated carbocycles. The number of hydrogen-bond acceptors (Lipinski definition) is 4. The normalized spacial score (nSPS) is 11.2. The van der Waals surface area contributed by atoms with Crippen LogP contribution in [0.15, 0.2) is 25.5 Å². The molecule has 0 bridgehead atoms. The number of nitrogens with zero attached hydrogens (tertiary/aromatic N) is 2. The van der Waals surface area contributed by atoms with Gasteiger partial charge in [-0.15, -0.1) is 11.3 Å². The van der Waals surface area contributed by atoms with Crippen LogP contribution in [0.4, 0.5) is 0 Å². The van der Waals surface area contributed by atoms with Crippen LogP contribution in [0.25, 0.3) is 21.9 Å². The zero-order valence-electron chi connectivity index (χ0n) is 9.15. The summed E-state index contributed by atoms with van der Waals surface area (Å²) in [6, 6.07) is 3.79. The third-order valence-corrected chi connectivity index (χ3v) is 4.19. The van der Waals surface area contributed by atoms with E-state index in [1.54, 1.807) is 7.05 Å². The molecule has 18 heavy (non-hydrogen) atoms. The molecule has 0 amide bonds. The summed E-state index contributed by atoms with van der Waals surface area (Å²) in [6.45, 7) is 0. The van der Waals surface area contributed by atoms with Gasteiger partial charge in [0.1, 0.15) is 5.52 Å². The van der Waals surface area contributed by atoms with E-state index < -0.39 is 11.2 Å². The first-order chi connectivity index (χ1) is 8.56. The van der Waals surface area contributed by atoms with E-state index in [2.05, 4.69) is 30.9 Å². The first kappa shape index (κ1) is 11.4. The van der Waals surface area contributed by atoms with E-state index in [0.29, 0.717) is 17.0 Å². The van der Waals surface area contributed by atoms with Crippen LogP contribution in [-0.2, 0) is 7.05 Å². The van der Waals surface area contributed by atoms with Gasteiger partial charge >= 0.3 is 5.69 Å². The zero-order chi connectivity index (χ0) is 12.9. The number of H-pyrrole nitrogens is 2. The second kappa shape index (κ2) is 3.92. The van der Waals surface area contributed by atoms with Gasteiger partial charge in [0.15, 0.2) is 11.5 Å². The maximum atomic E-state index is 11.7. The van der Waals surface area contributed by atoms with Gasteiger partial charge < -0.3 is 4.98 Å². The maximum Gasteiger partial charge on any atom is 0.329 e. The van der Waals surface area contributed by atoms with Crippen molar-refractivity contribution in [1.82, 2.24) is 19.5 Å². The fourth-order valence-corrected chi connectivity index (χ4v) is 2.99. The van der Waals surface area contributed by atoms with Crippen molar-refractivity contribution < 1.29 is 0 Å². The van der Waals surface area contributed by atoms with Crippen molar-refractivity contribution in [1.29, 1.82) is 0 Å². The molecule has 3 aromatic rings. The summed E-state index contributed by atoms with van der Waals surface area (Å²) in [5, 5.41) is 0. The van der Waals surface area contributed by atoms with Crippen LogP contribution in [0.1, 0.15) is 0 Å². The second-order valence-corrected chi connectivity index (χ2v) is 6.17. The Morgan fingerprint density at radius 1 is 1.33 bits per heavy atom. The minimum Gasteiger partial charge on any atom is -0.331 e. The number of fused-ring (bicyclic) bond motifs is 1. The molecule has 0 saturated heterocycles. The number of hydrogen-bond donors (Lipinski definition) is 2. The van der Waals surface area contributed by atoms with Gasteiger partial charge in [-0.25, -0.2) is 9.78 Å². The first-order valence-corrected chi connectivity index (χ1v) is 6.62. The topological polar surface area (TPSA) is 83.5 Å². The monoisotopic (exact) mass is 326 g/mol. The lowest BCUT2D eigenvalue weighted by atomic mass is 10.4. The zero-order valence-corrected chi connectivity index (χ0v) is 11.6. The molecule has 0 fully saturated rings. The van der Waals surface area contributed by atoms with Crippen LogP contribution < -0.4 is 11.2 Å². The SMILES string of the molecule is Cn1c(=O)[nH]c(=O)c2[nH]c(-c3ccc(Br)s3)nc21. The number of halogens is 1. The van der Waals surface area contributed by atoms with Crippen LogP contribution in [0.5, 0.6) is 0 Å². The van der Waals surface area contributed by atoms with Crippen molar-refractivity contribution in [3.63, 3.8) is 0 Å². The molecule has 0 aromatic carbocycles. The van der Waals surface area contributed by atoms with E-state index in [9.17, 15) is 9.59 Å². The minimum atomic E-state index is -0.474. The Morgan fingerprint density at radius 3 is 2.78 bits per heavy atom. The minimum absolute atomic E-state index is 0.302. The molecule has 0 radical (unpaired) electrons. The lowest BCUT2D eigenvalue weighted by molar-refractivity contribution is 0.832. The van der Waals surface area contributed by atoms with Crippen molar-refractivity contribution in [3.05, 3.63) is 36.8 Å². The number of aryl methyl sites for hydroxylation is 1. The smallest absolute Gasteiger partial charge is 0.329 e. The quantitative estimate of drug-likeness (QED) is 0.709. The van der Waals surface area contributed by atoms with Gasteiger partial charge in [0.2, 0.25) is 0 Å². The summed E-state index contributed by atoms with van der Waals surface area (Å²) in [5.74, 6) is 0.576. The summed E-state index contributed by atoms with van der Waals surface area (Å²) in [6.07, 6.45) is 0. The molecule has 6 nitrogen and oxygen atoms in total. The predicted molar refractivity (Wildman–Crippen MR) is 73.0 cm³/mol. The molecule has 0 atom stereocenters. The van der Waals surface area contributed by atoms with Crippen molar-refractivity contribution in [2.45, 2.75) is 0 Å². The van der Waals surface area contributed by atoms with Gasteiger partial charge in [0.05, 0.1) is 8.66 Å². The van der Waals surface area contributed by atoms with Crippen molar-refractivity contribution in [2.24, 2.45) is 7.05 Å². The lowest BCUT2D eigenvalue weighted by Gasteiger charge is -1.94. The molecular weight excluding hydrogens is 320 g/mol. The Labute approximate surface area is 112 Å². The highest BCUT2D eigenvalue weighted by molar-refractivity contribution is 9.11. The summed E-state index contributed by atoms with van der Waals surface area (Å²) >= 11 is 4.86.